The second-order valence-corrected chi connectivity index (χ2v) is 5.21. The highest BCUT2D eigenvalue weighted by Crippen LogP contribution is 2.29. The molecule has 106 valence electrons. The first-order valence-corrected chi connectivity index (χ1v) is 6.26. The first-order chi connectivity index (χ1) is 8.70. The fraction of sp³-hybridized carbons (Fsp3) is 0.462. The summed E-state index contributed by atoms with van der Waals surface area (Å²) < 4.78 is 37.5. The summed E-state index contributed by atoms with van der Waals surface area (Å²) >= 11 is 5.79. The highest BCUT2D eigenvalue weighted by molar-refractivity contribution is 6.20. The van der Waals surface area contributed by atoms with E-state index in [-0.39, 0.29) is 17.0 Å². The van der Waals surface area contributed by atoms with Crippen LogP contribution in [0, 0.1) is 0 Å². The van der Waals surface area contributed by atoms with Crippen molar-refractivity contribution < 1.29 is 18.0 Å². The number of benzene rings is 1. The predicted octanol–water partition coefficient (Wildman–Crippen LogP) is 3.84. The Labute approximate surface area is 114 Å². The zero-order chi connectivity index (χ0) is 14.6. The molecule has 0 bridgehead atoms. The van der Waals surface area contributed by atoms with E-state index in [4.69, 9.17) is 11.6 Å². The summed E-state index contributed by atoms with van der Waals surface area (Å²) in [7, 11) is 0. The van der Waals surface area contributed by atoms with E-state index in [9.17, 15) is 18.0 Å². The van der Waals surface area contributed by atoms with Gasteiger partial charge in [-0.15, -0.1) is 11.6 Å². The largest absolute Gasteiger partial charge is 0.416 e. The lowest BCUT2D eigenvalue weighted by Crippen LogP contribution is -2.34. The van der Waals surface area contributed by atoms with Crippen LogP contribution in [0.15, 0.2) is 24.3 Å². The van der Waals surface area contributed by atoms with Crippen LogP contribution in [0.3, 0.4) is 0 Å². The van der Waals surface area contributed by atoms with Crippen LogP contribution in [0.2, 0.25) is 0 Å². The van der Waals surface area contributed by atoms with Crippen LogP contribution in [-0.4, -0.2) is 17.3 Å². The summed E-state index contributed by atoms with van der Waals surface area (Å²) in [6.07, 6.45) is -3.90. The third-order valence-corrected chi connectivity index (χ3v) is 2.69. The molecule has 0 saturated heterocycles. The molecule has 0 aromatic heterocycles. The van der Waals surface area contributed by atoms with Crippen molar-refractivity contribution in [2.45, 2.75) is 37.9 Å². The third-order valence-electron chi connectivity index (χ3n) is 2.51. The Hall–Kier alpha value is -1.23. The highest BCUT2D eigenvalue weighted by Gasteiger charge is 2.30. The topological polar surface area (TPSA) is 29.1 Å². The average Bonchev–Trinajstić information content (AvgIpc) is 2.26. The van der Waals surface area contributed by atoms with Gasteiger partial charge in [-0.25, -0.2) is 0 Å². The summed E-state index contributed by atoms with van der Waals surface area (Å²) in [5, 5.41) is 2.50. The monoisotopic (exact) mass is 293 g/mol. The molecule has 1 aromatic carbocycles. The number of hydrogen-bond donors (Lipinski definition) is 1. The molecule has 0 spiro atoms. The molecule has 0 fully saturated rings. The molecular formula is C13H15ClF3NO. The zero-order valence-corrected chi connectivity index (χ0v) is 11.3. The molecule has 1 rings (SSSR count). The van der Waals surface area contributed by atoms with Crippen molar-refractivity contribution in [1.82, 2.24) is 5.32 Å². The van der Waals surface area contributed by atoms with Crippen molar-refractivity contribution in [3.63, 3.8) is 0 Å². The first kappa shape index (κ1) is 15.8. The van der Waals surface area contributed by atoms with Gasteiger partial charge in [-0.3, -0.25) is 4.79 Å². The zero-order valence-electron chi connectivity index (χ0n) is 10.6. The van der Waals surface area contributed by atoms with Crippen molar-refractivity contribution in [1.29, 1.82) is 0 Å². The Bertz CT molecular complexity index is 446. The van der Waals surface area contributed by atoms with E-state index in [2.05, 4.69) is 5.32 Å². The Balaban J connectivity index is 2.78. The minimum atomic E-state index is -4.45. The first-order valence-electron chi connectivity index (χ1n) is 5.82. The average molecular weight is 294 g/mol. The summed E-state index contributed by atoms with van der Waals surface area (Å²) in [5.74, 6) is -0.532. The van der Waals surface area contributed by atoms with Gasteiger partial charge in [0, 0.05) is 17.0 Å². The lowest BCUT2D eigenvalue weighted by Gasteiger charge is -2.15. The van der Waals surface area contributed by atoms with Crippen LogP contribution < -0.4 is 5.32 Å². The van der Waals surface area contributed by atoms with Crippen molar-refractivity contribution >= 4 is 17.5 Å². The van der Waals surface area contributed by atoms with Gasteiger partial charge in [0.25, 0.3) is 5.91 Å². The minimum Gasteiger partial charge on any atom is -0.350 e. The van der Waals surface area contributed by atoms with Crippen molar-refractivity contribution in [3.8, 4) is 0 Å². The fourth-order valence-corrected chi connectivity index (χ4v) is 1.96. The van der Waals surface area contributed by atoms with Crippen molar-refractivity contribution in [2.75, 3.05) is 0 Å². The number of rotatable bonds is 4. The standard InChI is InChI=1S/C13H15ClF3NO/c1-8(14)6-9(2)18-12(19)10-4-3-5-11(7-10)13(15,16)17/h3-5,7-9H,6H2,1-2H3,(H,18,19). The number of carbonyl (C=O) groups is 1. The normalized spacial score (nSPS) is 14.8. The molecule has 1 aromatic rings. The second kappa shape index (κ2) is 6.28. The van der Waals surface area contributed by atoms with Gasteiger partial charge in [0.05, 0.1) is 5.56 Å². The lowest BCUT2D eigenvalue weighted by molar-refractivity contribution is -0.137. The van der Waals surface area contributed by atoms with Crippen LogP contribution in [0.25, 0.3) is 0 Å². The van der Waals surface area contributed by atoms with E-state index < -0.39 is 17.6 Å². The van der Waals surface area contributed by atoms with Crippen molar-refractivity contribution in [3.05, 3.63) is 35.4 Å². The molecule has 0 radical (unpaired) electrons. The molecule has 0 aliphatic heterocycles. The Morgan fingerprint density at radius 2 is 2.00 bits per heavy atom. The number of carbonyl (C=O) groups excluding carboxylic acids is 1. The van der Waals surface area contributed by atoms with E-state index in [1.165, 1.54) is 12.1 Å². The minimum absolute atomic E-state index is 0.0103. The summed E-state index contributed by atoms with van der Waals surface area (Å²) in [6, 6.07) is 4.14. The SMILES string of the molecule is CC(Cl)CC(C)NC(=O)c1cccc(C(F)(F)F)c1. The summed E-state index contributed by atoms with van der Waals surface area (Å²) in [6.45, 7) is 3.54. The maximum absolute atomic E-state index is 12.5. The third kappa shape index (κ3) is 5.11. The maximum Gasteiger partial charge on any atom is 0.416 e. The van der Waals surface area contributed by atoms with E-state index >= 15 is 0 Å². The van der Waals surface area contributed by atoms with Gasteiger partial charge in [0.15, 0.2) is 0 Å². The van der Waals surface area contributed by atoms with Crippen molar-refractivity contribution in [2.24, 2.45) is 0 Å². The van der Waals surface area contributed by atoms with Gasteiger partial charge < -0.3 is 5.32 Å². The number of nitrogens with one attached hydrogen (secondary N) is 1. The number of halogens is 4. The van der Waals surface area contributed by atoms with Gasteiger partial charge >= 0.3 is 6.18 Å². The summed E-state index contributed by atoms with van der Waals surface area (Å²) in [5.41, 5.74) is -0.845. The fourth-order valence-electron chi connectivity index (χ4n) is 1.69. The number of alkyl halides is 4. The molecule has 6 heteroatoms. The molecule has 2 atom stereocenters. The smallest absolute Gasteiger partial charge is 0.350 e. The lowest BCUT2D eigenvalue weighted by atomic mass is 10.1. The number of amides is 1. The Morgan fingerprint density at radius 1 is 1.37 bits per heavy atom. The van der Waals surface area contributed by atoms with E-state index in [1.54, 1.807) is 13.8 Å². The van der Waals surface area contributed by atoms with Crippen LogP contribution >= 0.6 is 11.6 Å². The molecule has 1 amide bonds. The Morgan fingerprint density at radius 3 is 2.53 bits per heavy atom. The molecule has 19 heavy (non-hydrogen) atoms. The molecule has 2 unspecified atom stereocenters. The van der Waals surface area contributed by atoms with Crippen LogP contribution in [-0.2, 0) is 6.18 Å². The van der Waals surface area contributed by atoms with Crippen LogP contribution in [0.1, 0.15) is 36.2 Å². The van der Waals surface area contributed by atoms with Gasteiger partial charge in [-0.2, -0.15) is 13.2 Å². The molecule has 0 aliphatic rings. The Kier molecular flexibility index (Phi) is 5.23. The predicted molar refractivity (Wildman–Crippen MR) is 68.3 cm³/mol. The molecule has 1 N–H and O–H groups in total. The number of hydrogen-bond acceptors (Lipinski definition) is 1. The van der Waals surface area contributed by atoms with E-state index in [0.717, 1.165) is 12.1 Å². The quantitative estimate of drug-likeness (QED) is 0.840. The molecular weight excluding hydrogens is 279 g/mol. The molecule has 0 aliphatic carbocycles. The van der Waals surface area contributed by atoms with Gasteiger partial charge in [0.2, 0.25) is 0 Å². The highest BCUT2D eigenvalue weighted by atomic mass is 35.5. The summed E-state index contributed by atoms with van der Waals surface area (Å²) in [4.78, 5) is 11.8. The van der Waals surface area contributed by atoms with Crippen LogP contribution in [0.5, 0.6) is 0 Å². The molecule has 0 heterocycles. The molecule has 2 nitrogen and oxygen atoms in total. The van der Waals surface area contributed by atoms with Gasteiger partial charge in [-0.05, 0) is 38.5 Å². The van der Waals surface area contributed by atoms with Crippen LogP contribution in [0.4, 0.5) is 13.2 Å². The molecule has 0 saturated carbocycles. The van der Waals surface area contributed by atoms with E-state index in [1.807, 2.05) is 0 Å². The second-order valence-electron chi connectivity index (χ2n) is 4.47. The van der Waals surface area contributed by atoms with Gasteiger partial charge in [-0.1, -0.05) is 6.07 Å². The van der Waals surface area contributed by atoms with E-state index in [0.29, 0.717) is 6.42 Å². The maximum atomic E-state index is 12.5. The van der Waals surface area contributed by atoms with Gasteiger partial charge in [0.1, 0.15) is 0 Å².